The average Bonchev–Trinajstić information content (AvgIpc) is 2.37. The van der Waals surface area contributed by atoms with Crippen molar-refractivity contribution in [2.24, 2.45) is 0 Å². The van der Waals surface area contributed by atoms with Gasteiger partial charge in [0.1, 0.15) is 9.77 Å². The van der Waals surface area contributed by atoms with Gasteiger partial charge in [-0.25, -0.2) is 4.98 Å². The van der Waals surface area contributed by atoms with E-state index in [0.717, 1.165) is 0 Å². The molecular formula is C14H20ClF3N2O2S. The first-order chi connectivity index (χ1) is 10.4. The second-order valence-corrected chi connectivity index (χ2v) is 8.40. The van der Waals surface area contributed by atoms with Crippen LogP contribution in [0.4, 0.5) is 13.2 Å². The summed E-state index contributed by atoms with van der Waals surface area (Å²) in [7, 11) is 0. The van der Waals surface area contributed by atoms with Gasteiger partial charge in [0.25, 0.3) is 0 Å². The minimum Gasteiger partial charge on any atom is -0.598 e. The summed E-state index contributed by atoms with van der Waals surface area (Å²) in [6.45, 7) is 6.77. The number of nitrogens with zero attached hydrogens (tertiary/aromatic N) is 1. The van der Waals surface area contributed by atoms with Crippen molar-refractivity contribution in [1.82, 2.24) is 9.71 Å². The third kappa shape index (κ3) is 7.15. The molecule has 132 valence electrons. The molecule has 1 aromatic rings. The molecule has 1 N–H and O–H groups in total. The van der Waals surface area contributed by atoms with Crippen LogP contribution in [-0.4, -0.2) is 27.1 Å². The molecule has 0 aliphatic heterocycles. The Hall–Kier alpha value is -0.700. The number of alkyl halides is 3. The van der Waals surface area contributed by atoms with Crippen LogP contribution in [0.3, 0.4) is 0 Å². The van der Waals surface area contributed by atoms with E-state index < -0.39 is 35.3 Å². The average molecular weight is 373 g/mol. The molecular weight excluding hydrogens is 353 g/mol. The first-order valence-corrected chi connectivity index (χ1v) is 8.46. The quantitative estimate of drug-likeness (QED) is 0.761. The highest BCUT2D eigenvalue weighted by molar-refractivity contribution is 7.90. The van der Waals surface area contributed by atoms with Crippen molar-refractivity contribution in [2.75, 3.05) is 6.61 Å². The Labute approximate surface area is 142 Å². The molecule has 0 spiro atoms. The number of halogens is 4. The van der Waals surface area contributed by atoms with Crippen molar-refractivity contribution >= 4 is 23.0 Å². The number of hydrogen-bond acceptors (Lipinski definition) is 4. The first-order valence-electron chi connectivity index (χ1n) is 6.93. The van der Waals surface area contributed by atoms with E-state index >= 15 is 0 Å². The molecule has 0 aromatic carbocycles. The molecule has 1 aromatic heterocycles. The van der Waals surface area contributed by atoms with Gasteiger partial charge in [0.15, 0.2) is 0 Å². The van der Waals surface area contributed by atoms with E-state index in [0.29, 0.717) is 5.56 Å². The second kappa shape index (κ2) is 7.92. The Bertz CT molecular complexity index is 524. The van der Waals surface area contributed by atoms with E-state index in [9.17, 15) is 17.7 Å². The lowest BCUT2D eigenvalue weighted by Crippen LogP contribution is -2.40. The topological polar surface area (TPSA) is 57.2 Å². The van der Waals surface area contributed by atoms with Gasteiger partial charge in [0, 0.05) is 17.6 Å². The first kappa shape index (κ1) is 20.3. The highest BCUT2D eigenvalue weighted by atomic mass is 35.5. The van der Waals surface area contributed by atoms with Crippen LogP contribution < -0.4 is 9.46 Å². The number of pyridine rings is 1. The molecule has 23 heavy (non-hydrogen) atoms. The molecule has 1 unspecified atom stereocenters. The van der Waals surface area contributed by atoms with Gasteiger partial charge >= 0.3 is 6.18 Å². The maximum absolute atomic E-state index is 12.1. The van der Waals surface area contributed by atoms with Crippen molar-refractivity contribution in [3.63, 3.8) is 0 Å². The molecule has 0 bridgehead atoms. The Morgan fingerprint density at radius 1 is 1.39 bits per heavy atom. The predicted octanol–water partition coefficient (Wildman–Crippen LogP) is 4.18. The molecule has 0 radical (unpaired) electrons. The lowest BCUT2D eigenvalue weighted by molar-refractivity contribution is -0.139. The van der Waals surface area contributed by atoms with Crippen LogP contribution in [0.1, 0.15) is 45.7 Å². The molecule has 0 amide bonds. The molecule has 2 atom stereocenters. The third-order valence-electron chi connectivity index (χ3n) is 2.79. The molecule has 0 saturated carbocycles. The second-order valence-electron chi connectivity index (χ2n) is 5.99. The zero-order valence-corrected chi connectivity index (χ0v) is 14.9. The predicted molar refractivity (Wildman–Crippen MR) is 84.9 cm³/mol. The van der Waals surface area contributed by atoms with Gasteiger partial charge < -0.3 is 9.29 Å². The highest BCUT2D eigenvalue weighted by Gasteiger charge is 2.29. The van der Waals surface area contributed by atoms with Crippen LogP contribution in [0.5, 0.6) is 5.88 Å². The number of aromatic nitrogens is 1. The lowest BCUT2D eigenvalue weighted by atomic mass is 10.2. The Balaban J connectivity index is 2.68. The molecule has 0 aliphatic carbocycles. The van der Waals surface area contributed by atoms with Gasteiger partial charge in [-0.3, -0.25) is 0 Å². The van der Waals surface area contributed by atoms with Crippen LogP contribution in [0.2, 0.25) is 5.02 Å². The van der Waals surface area contributed by atoms with Crippen molar-refractivity contribution < 1.29 is 22.5 Å². The van der Waals surface area contributed by atoms with Crippen molar-refractivity contribution in [2.45, 2.75) is 51.1 Å². The molecule has 1 heterocycles. The van der Waals surface area contributed by atoms with Gasteiger partial charge in [0.05, 0.1) is 19.1 Å². The minimum atomic E-state index is -4.29. The van der Waals surface area contributed by atoms with E-state index in [1.807, 2.05) is 20.8 Å². The summed E-state index contributed by atoms with van der Waals surface area (Å²) >= 11 is 4.71. The van der Waals surface area contributed by atoms with Gasteiger partial charge in [-0.05, 0) is 39.3 Å². The Morgan fingerprint density at radius 2 is 2.00 bits per heavy atom. The van der Waals surface area contributed by atoms with Gasteiger partial charge in [-0.2, -0.15) is 13.2 Å². The molecule has 0 aliphatic rings. The SMILES string of the molecule is C[C@@H](N[S+]([O-])C(C)(C)C)c1cnc(OCCC(F)(F)F)c(Cl)c1. The fraction of sp³-hybridized carbons (Fsp3) is 0.643. The molecule has 0 fully saturated rings. The van der Waals surface area contributed by atoms with Crippen molar-refractivity contribution in [1.29, 1.82) is 0 Å². The number of rotatable bonds is 6. The largest absolute Gasteiger partial charge is 0.598 e. The summed E-state index contributed by atoms with van der Waals surface area (Å²) in [4.78, 5) is 3.93. The van der Waals surface area contributed by atoms with Crippen molar-refractivity contribution in [3.05, 3.63) is 22.8 Å². The van der Waals surface area contributed by atoms with E-state index in [1.165, 1.54) is 12.3 Å². The van der Waals surface area contributed by atoms with Crippen LogP contribution in [0, 0.1) is 0 Å². The standard InChI is InChI=1S/C14H20ClF3N2O2S/c1-9(20-23(21)13(2,3)4)10-7-11(15)12(19-8-10)22-6-5-14(16,17)18/h7-9,20H,5-6H2,1-4H3/t9-,23?/m1/s1. The minimum absolute atomic E-state index is 0.0520. The molecule has 1 rings (SSSR count). The summed E-state index contributed by atoms with van der Waals surface area (Å²) in [5.74, 6) is -0.0520. The summed E-state index contributed by atoms with van der Waals surface area (Å²) < 4.78 is 55.7. The van der Waals surface area contributed by atoms with E-state index in [1.54, 1.807) is 6.92 Å². The molecule has 9 heteroatoms. The zero-order valence-electron chi connectivity index (χ0n) is 13.3. The summed E-state index contributed by atoms with van der Waals surface area (Å²) in [6, 6.07) is 1.25. The molecule has 0 saturated heterocycles. The lowest BCUT2D eigenvalue weighted by Gasteiger charge is -2.26. The normalized spacial score (nSPS) is 15.3. The zero-order chi connectivity index (χ0) is 17.8. The Morgan fingerprint density at radius 3 is 2.48 bits per heavy atom. The van der Waals surface area contributed by atoms with Crippen LogP contribution in [0.15, 0.2) is 12.3 Å². The fourth-order valence-electron chi connectivity index (χ4n) is 1.45. The number of nitrogens with one attached hydrogen (secondary N) is 1. The molecule has 4 nitrogen and oxygen atoms in total. The summed E-state index contributed by atoms with van der Waals surface area (Å²) in [6.07, 6.45) is -3.93. The van der Waals surface area contributed by atoms with Gasteiger partial charge in [-0.1, -0.05) is 11.6 Å². The smallest absolute Gasteiger partial charge is 0.392 e. The van der Waals surface area contributed by atoms with Crippen LogP contribution in [-0.2, 0) is 11.4 Å². The highest BCUT2D eigenvalue weighted by Crippen LogP contribution is 2.27. The summed E-state index contributed by atoms with van der Waals surface area (Å²) in [5.41, 5.74) is 0.663. The third-order valence-corrected chi connectivity index (χ3v) is 4.74. The fourth-order valence-corrected chi connectivity index (χ4v) is 2.49. The maximum atomic E-state index is 12.1. The van der Waals surface area contributed by atoms with Gasteiger partial charge in [-0.15, -0.1) is 4.72 Å². The van der Waals surface area contributed by atoms with E-state index in [-0.39, 0.29) is 16.9 Å². The maximum Gasteiger partial charge on any atom is 0.392 e. The summed E-state index contributed by atoms with van der Waals surface area (Å²) in [5, 5.41) is 0.111. The van der Waals surface area contributed by atoms with Crippen molar-refractivity contribution in [3.8, 4) is 5.88 Å². The van der Waals surface area contributed by atoms with E-state index in [4.69, 9.17) is 16.3 Å². The number of hydrogen-bond donors (Lipinski definition) is 1. The van der Waals surface area contributed by atoms with Gasteiger partial charge in [0.2, 0.25) is 5.88 Å². The van der Waals surface area contributed by atoms with Crippen LogP contribution in [0.25, 0.3) is 0 Å². The van der Waals surface area contributed by atoms with Crippen LogP contribution >= 0.6 is 11.6 Å². The monoisotopic (exact) mass is 372 g/mol. The van der Waals surface area contributed by atoms with E-state index in [2.05, 4.69) is 9.71 Å². The Kier molecular flexibility index (Phi) is 7.00. The number of ether oxygens (including phenoxy) is 1.